The van der Waals surface area contributed by atoms with Crippen LogP contribution in [0.4, 0.5) is 0 Å². The molecule has 0 aliphatic rings. The molecule has 2 N–H and O–H groups in total. The number of carbonyl (C=O) groups excluding carboxylic acids is 1. The highest BCUT2D eigenvalue weighted by Gasteiger charge is 2.23. The number of ketones is 1. The van der Waals surface area contributed by atoms with Crippen LogP contribution in [-0.4, -0.2) is 22.3 Å². The predicted octanol–water partition coefficient (Wildman–Crippen LogP) is 3.45. The number of hydrogen-bond donors (Lipinski definition) is 2. The van der Waals surface area contributed by atoms with Gasteiger partial charge < -0.3 is 10.3 Å². The molecule has 1 heterocycles. The molecule has 20 heavy (non-hydrogen) atoms. The molecule has 3 nitrogen and oxygen atoms in total. The number of aromatic amines is 1. The fourth-order valence-electron chi connectivity index (χ4n) is 2.53. The molecular weight excluding hydrogens is 248 g/mol. The molecule has 108 valence electrons. The first kappa shape index (κ1) is 14.8. The highest BCUT2D eigenvalue weighted by molar-refractivity contribution is 5.87. The number of benzene rings is 1. The van der Waals surface area contributed by atoms with E-state index in [9.17, 15) is 4.79 Å². The molecule has 2 rings (SSSR count). The monoisotopic (exact) mass is 272 g/mol. The van der Waals surface area contributed by atoms with Gasteiger partial charge in [0, 0.05) is 29.1 Å². The largest absolute Gasteiger partial charge is 0.361 e. The van der Waals surface area contributed by atoms with Crippen molar-refractivity contribution in [3.05, 3.63) is 36.0 Å². The normalized spacial score (nSPS) is 13.6. The summed E-state index contributed by atoms with van der Waals surface area (Å²) in [6, 6.07) is 8.09. The van der Waals surface area contributed by atoms with Gasteiger partial charge in [-0.3, -0.25) is 4.79 Å². The van der Waals surface area contributed by atoms with E-state index in [4.69, 9.17) is 0 Å². The van der Waals surface area contributed by atoms with Gasteiger partial charge in [0.2, 0.25) is 0 Å². The van der Waals surface area contributed by atoms with Crippen LogP contribution < -0.4 is 5.32 Å². The molecule has 1 aromatic carbocycles. The summed E-state index contributed by atoms with van der Waals surface area (Å²) in [5.74, 6) is 0.269. The molecule has 1 unspecified atom stereocenters. The predicted molar refractivity (Wildman–Crippen MR) is 84.0 cm³/mol. The average Bonchev–Trinajstić information content (AvgIpc) is 2.79. The third-order valence-corrected chi connectivity index (χ3v) is 3.44. The van der Waals surface area contributed by atoms with Crippen LogP contribution >= 0.6 is 0 Å². The second-order valence-corrected chi connectivity index (χ2v) is 6.33. The molecule has 0 fully saturated rings. The van der Waals surface area contributed by atoms with Gasteiger partial charge in [0.25, 0.3) is 0 Å². The maximum atomic E-state index is 12.2. The minimum Gasteiger partial charge on any atom is -0.361 e. The van der Waals surface area contributed by atoms with Gasteiger partial charge in [-0.2, -0.15) is 0 Å². The number of carbonyl (C=O) groups is 1. The molecule has 1 atom stereocenters. The van der Waals surface area contributed by atoms with Crippen LogP contribution in [0, 0.1) is 0 Å². The van der Waals surface area contributed by atoms with Crippen LogP contribution in [0.15, 0.2) is 30.5 Å². The number of nitrogens with one attached hydrogen (secondary N) is 2. The summed E-state index contributed by atoms with van der Waals surface area (Å²) in [6.45, 7) is 8.21. The number of fused-ring (bicyclic) bond motifs is 1. The van der Waals surface area contributed by atoms with Gasteiger partial charge in [-0.25, -0.2) is 0 Å². The topological polar surface area (TPSA) is 44.9 Å². The van der Waals surface area contributed by atoms with Crippen LogP contribution in [0.5, 0.6) is 0 Å². The van der Waals surface area contributed by atoms with Crippen molar-refractivity contribution < 1.29 is 4.79 Å². The third kappa shape index (κ3) is 3.48. The van der Waals surface area contributed by atoms with E-state index in [0.717, 1.165) is 11.9 Å². The molecule has 0 radical (unpaired) electrons. The van der Waals surface area contributed by atoms with Gasteiger partial charge in [0.05, 0.1) is 6.04 Å². The molecule has 0 amide bonds. The van der Waals surface area contributed by atoms with E-state index >= 15 is 0 Å². The highest BCUT2D eigenvalue weighted by Crippen LogP contribution is 2.20. The van der Waals surface area contributed by atoms with Gasteiger partial charge >= 0.3 is 0 Å². The Morgan fingerprint density at radius 3 is 2.65 bits per heavy atom. The van der Waals surface area contributed by atoms with Crippen molar-refractivity contribution in [1.29, 1.82) is 0 Å². The molecular formula is C17H24N2O. The molecule has 0 aliphatic carbocycles. The molecule has 0 saturated carbocycles. The van der Waals surface area contributed by atoms with E-state index in [0.29, 0.717) is 6.42 Å². The van der Waals surface area contributed by atoms with Crippen molar-refractivity contribution in [3.63, 3.8) is 0 Å². The second-order valence-electron chi connectivity index (χ2n) is 6.33. The Bertz CT molecular complexity index is 592. The van der Waals surface area contributed by atoms with Crippen LogP contribution in [0.2, 0.25) is 0 Å². The molecule has 0 bridgehead atoms. The first-order chi connectivity index (χ1) is 9.40. The minimum absolute atomic E-state index is 0.0678. The van der Waals surface area contributed by atoms with Crippen molar-refractivity contribution in [2.24, 2.45) is 0 Å². The lowest BCUT2D eigenvalue weighted by atomic mass is 9.97. The van der Waals surface area contributed by atoms with Crippen molar-refractivity contribution in [2.75, 3.05) is 0 Å². The Hall–Kier alpha value is -1.61. The van der Waals surface area contributed by atoms with Crippen molar-refractivity contribution in [3.8, 4) is 0 Å². The van der Waals surface area contributed by atoms with Crippen molar-refractivity contribution in [2.45, 2.75) is 52.1 Å². The zero-order valence-electron chi connectivity index (χ0n) is 12.8. The van der Waals surface area contributed by atoms with E-state index < -0.39 is 0 Å². The van der Waals surface area contributed by atoms with Gasteiger partial charge in [-0.1, -0.05) is 25.1 Å². The Morgan fingerprint density at radius 1 is 1.30 bits per heavy atom. The third-order valence-electron chi connectivity index (χ3n) is 3.44. The van der Waals surface area contributed by atoms with Crippen LogP contribution in [-0.2, 0) is 11.2 Å². The fraction of sp³-hybridized carbons (Fsp3) is 0.471. The number of Topliss-reactive ketones (excluding diaryl/α,β-unsaturated/α-hetero) is 1. The maximum absolute atomic E-state index is 12.2. The summed E-state index contributed by atoms with van der Waals surface area (Å²) in [4.78, 5) is 15.5. The number of rotatable bonds is 5. The molecule has 0 aliphatic heterocycles. The zero-order chi connectivity index (χ0) is 14.8. The first-order valence-corrected chi connectivity index (χ1v) is 7.26. The molecule has 3 heteroatoms. The number of aromatic nitrogens is 1. The SMILES string of the molecule is CCC(=O)C(Cc1c[nH]c2ccccc12)NC(C)(C)C. The van der Waals surface area contributed by atoms with Gasteiger partial charge in [-0.05, 0) is 38.8 Å². The van der Waals surface area contributed by atoms with Gasteiger partial charge in [0.1, 0.15) is 5.78 Å². The summed E-state index contributed by atoms with van der Waals surface area (Å²) in [5, 5.41) is 4.65. The van der Waals surface area contributed by atoms with Crippen LogP contribution in [0.25, 0.3) is 10.9 Å². The lowest BCUT2D eigenvalue weighted by Gasteiger charge is -2.27. The average molecular weight is 272 g/mol. The molecule has 1 aromatic heterocycles. The molecule has 0 saturated heterocycles. The summed E-state index contributed by atoms with van der Waals surface area (Å²) < 4.78 is 0. The Balaban J connectivity index is 2.25. The van der Waals surface area contributed by atoms with Crippen molar-refractivity contribution >= 4 is 16.7 Å². The Labute approximate surface area is 120 Å². The zero-order valence-corrected chi connectivity index (χ0v) is 12.8. The summed E-state index contributed by atoms with van der Waals surface area (Å²) in [7, 11) is 0. The van der Waals surface area contributed by atoms with E-state index in [-0.39, 0.29) is 17.4 Å². The van der Waals surface area contributed by atoms with Gasteiger partial charge in [-0.15, -0.1) is 0 Å². The number of hydrogen-bond acceptors (Lipinski definition) is 2. The smallest absolute Gasteiger partial charge is 0.149 e. The maximum Gasteiger partial charge on any atom is 0.149 e. The standard InChI is InChI=1S/C17H24N2O/c1-5-16(20)15(19-17(2,3)4)10-12-11-18-14-9-7-6-8-13(12)14/h6-9,11,15,18-19H,5,10H2,1-4H3. The second kappa shape index (κ2) is 5.80. The molecule has 0 spiro atoms. The van der Waals surface area contributed by atoms with E-state index in [2.05, 4.69) is 43.2 Å². The van der Waals surface area contributed by atoms with E-state index in [1.54, 1.807) is 0 Å². The number of H-pyrrole nitrogens is 1. The van der Waals surface area contributed by atoms with E-state index in [1.165, 1.54) is 10.9 Å². The molecule has 2 aromatic rings. The van der Waals surface area contributed by atoms with Gasteiger partial charge in [0.15, 0.2) is 0 Å². The Morgan fingerprint density at radius 2 is 2.00 bits per heavy atom. The Kier molecular flexibility index (Phi) is 4.29. The highest BCUT2D eigenvalue weighted by atomic mass is 16.1. The lowest BCUT2D eigenvalue weighted by molar-refractivity contribution is -0.121. The first-order valence-electron chi connectivity index (χ1n) is 7.26. The number of para-hydroxylation sites is 1. The van der Waals surface area contributed by atoms with Crippen molar-refractivity contribution in [1.82, 2.24) is 10.3 Å². The minimum atomic E-state index is -0.126. The van der Waals surface area contributed by atoms with Crippen LogP contribution in [0.3, 0.4) is 0 Å². The summed E-state index contributed by atoms with van der Waals surface area (Å²) in [6.07, 6.45) is 3.31. The summed E-state index contributed by atoms with van der Waals surface area (Å²) in [5.41, 5.74) is 2.26. The summed E-state index contributed by atoms with van der Waals surface area (Å²) >= 11 is 0. The van der Waals surface area contributed by atoms with E-state index in [1.807, 2.05) is 25.3 Å². The fourth-order valence-corrected chi connectivity index (χ4v) is 2.53. The quantitative estimate of drug-likeness (QED) is 0.875. The van der Waals surface area contributed by atoms with Crippen LogP contribution in [0.1, 0.15) is 39.7 Å². The lowest BCUT2D eigenvalue weighted by Crippen LogP contribution is -2.48.